The van der Waals surface area contributed by atoms with Gasteiger partial charge in [-0.05, 0) is 50.8 Å². The van der Waals surface area contributed by atoms with E-state index < -0.39 is 35.9 Å². The van der Waals surface area contributed by atoms with Crippen molar-refractivity contribution < 1.29 is 32.2 Å². The molecule has 1 aromatic carbocycles. The highest BCUT2D eigenvalue weighted by Crippen LogP contribution is 2.40. The average Bonchev–Trinajstić information content (AvgIpc) is 2.66. The molecule has 0 aliphatic heterocycles. The molecule has 0 bridgehead atoms. The van der Waals surface area contributed by atoms with Gasteiger partial charge in [0.2, 0.25) is 5.91 Å². The van der Waals surface area contributed by atoms with Gasteiger partial charge in [-0.2, -0.15) is 13.2 Å². The van der Waals surface area contributed by atoms with Gasteiger partial charge in [-0.15, -0.1) is 0 Å². The Morgan fingerprint density at radius 2 is 1.83 bits per heavy atom. The number of carbonyl (C=O) groups is 2. The van der Waals surface area contributed by atoms with Crippen LogP contribution >= 0.6 is 0 Å². The number of amides is 1. The smallest absolute Gasteiger partial charge is 0.391 e. The van der Waals surface area contributed by atoms with Crippen LogP contribution in [0.3, 0.4) is 0 Å². The summed E-state index contributed by atoms with van der Waals surface area (Å²) >= 11 is 0. The zero-order chi connectivity index (χ0) is 21.6. The Balaban J connectivity index is 2.12. The maximum Gasteiger partial charge on any atom is 0.391 e. The summed E-state index contributed by atoms with van der Waals surface area (Å²) in [4.78, 5) is 24.9. The van der Waals surface area contributed by atoms with Crippen molar-refractivity contribution in [2.75, 3.05) is 7.11 Å². The maximum atomic E-state index is 13.1. The van der Waals surface area contributed by atoms with E-state index >= 15 is 0 Å². The van der Waals surface area contributed by atoms with Crippen LogP contribution in [0.5, 0.6) is 5.75 Å². The van der Waals surface area contributed by atoms with Crippen molar-refractivity contribution in [1.82, 2.24) is 5.32 Å². The number of methoxy groups -OCH3 is 1. The van der Waals surface area contributed by atoms with Gasteiger partial charge < -0.3 is 14.8 Å². The molecule has 1 N–H and O–H groups in total. The zero-order valence-electron chi connectivity index (χ0n) is 16.9. The van der Waals surface area contributed by atoms with Crippen molar-refractivity contribution in [1.29, 1.82) is 0 Å². The Bertz CT molecular complexity index is 688. The summed E-state index contributed by atoms with van der Waals surface area (Å²) in [6.45, 7) is 3.44. The molecular formula is C21H28F3NO4. The van der Waals surface area contributed by atoms with E-state index in [1.54, 1.807) is 38.1 Å². The van der Waals surface area contributed by atoms with Crippen molar-refractivity contribution in [2.24, 2.45) is 11.8 Å². The van der Waals surface area contributed by atoms with Crippen LogP contribution in [-0.2, 0) is 14.3 Å². The van der Waals surface area contributed by atoms with E-state index in [1.807, 2.05) is 0 Å². The van der Waals surface area contributed by atoms with Gasteiger partial charge in [0.25, 0.3) is 0 Å². The van der Waals surface area contributed by atoms with Crippen LogP contribution in [-0.4, -0.2) is 31.3 Å². The Hall–Kier alpha value is -2.25. The lowest BCUT2D eigenvalue weighted by Crippen LogP contribution is -2.39. The van der Waals surface area contributed by atoms with Crippen LogP contribution in [0.2, 0.25) is 0 Å². The molecule has 0 radical (unpaired) electrons. The third kappa shape index (κ3) is 6.94. The summed E-state index contributed by atoms with van der Waals surface area (Å²) in [6.07, 6.45) is -4.12. The molecule has 1 aliphatic rings. The minimum Gasteiger partial charge on any atom is -0.497 e. The van der Waals surface area contributed by atoms with Gasteiger partial charge in [-0.1, -0.05) is 18.6 Å². The van der Waals surface area contributed by atoms with E-state index in [0.717, 1.165) is 0 Å². The predicted molar refractivity (Wildman–Crippen MR) is 101 cm³/mol. The molecule has 5 nitrogen and oxygen atoms in total. The summed E-state index contributed by atoms with van der Waals surface area (Å²) in [5.74, 6) is -2.52. The lowest BCUT2D eigenvalue weighted by molar-refractivity contribution is -0.186. The highest BCUT2D eigenvalue weighted by atomic mass is 19.4. The van der Waals surface area contributed by atoms with Crippen LogP contribution in [0, 0.1) is 11.8 Å². The van der Waals surface area contributed by atoms with Gasteiger partial charge in [-0.25, -0.2) is 0 Å². The first kappa shape index (κ1) is 23.0. The molecule has 162 valence electrons. The number of ether oxygens (including phenoxy) is 2. The van der Waals surface area contributed by atoms with Gasteiger partial charge >= 0.3 is 12.1 Å². The van der Waals surface area contributed by atoms with Gasteiger partial charge in [0.1, 0.15) is 5.75 Å². The number of hydrogen-bond donors (Lipinski definition) is 1. The fourth-order valence-electron chi connectivity index (χ4n) is 3.58. The first-order valence-electron chi connectivity index (χ1n) is 9.80. The molecule has 1 aliphatic carbocycles. The van der Waals surface area contributed by atoms with Gasteiger partial charge in [0.05, 0.1) is 31.6 Å². The molecule has 3 atom stereocenters. The number of carbonyl (C=O) groups excluding carboxylic acids is 2. The molecule has 0 saturated heterocycles. The van der Waals surface area contributed by atoms with Gasteiger partial charge in [-0.3, -0.25) is 9.59 Å². The number of alkyl halides is 3. The lowest BCUT2D eigenvalue weighted by atomic mass is 9.80. The third-order valence-corrected chi connectivity index (χ3v) is 5.08. The normalized spacial score (nSPS) is 20.8. The number of rotatable bonds is 7. The molecule has 1 amide bonds. The summed E-state index contributed by atoms with van der Waals surface area (Å²) in [5.41, 5.74) is 0.656. The Kier molecular flexibility index (Phi) is 7.93. The quantitative estimate of drug-likeness (QED) is 0.663. The number of esters is 1. The second-order valence-corrected chi connectivity index (χ2v) is 7.68. The Morgan fingerprint density at radius 3 is 2.38 bits per heavy atom. The molecule has 0 heterocycles. The largest absolute Gasteiger partial charge is 0.497 e. The predicted octanol–water partition coefficient (Wildman–Crippen LogP) is 4.56. The fourth-order valence-corrected chi connectivity index (χ4v) is 3.58. The summed E-state index contributed by atoms with van der Waals surface area (Å²) < 4.78 is 49.5. The molecule has 0 unspecified atom stereocenters. The van der Waals surface area contributed by atoms with E-state index in [2.05, 4.69) is 5.32 Å². The summed E-state index contributed by atoms with van der Waals surface area (Å²) in [7, 11) is 1.52. The Labute approximate surface area is 168 Å². The van der Waals surface area contributed by atoms with E-state index in [4.69, 9.17) is 9.47 Å². The van der Waals surface area contributed by atoms with Crippen LogP contribution < -0.4 is 10.1 Å². The minimum absolute atomic E-state index is 0.0515. The molecule has 1 saturated carbocycles. The molecular weight excluding hydrogens is 387 g/mol. The van der Waals surface area contributed by atoms with Gasteiger partial charge in [0.15, 0.2) is 0 Å². The third-order valence-electron chi connectivity index (χ3n) is 5.08. The second-order valence-electron chi connectivity index (χ2n) is 7.68. The van der Waals surface area contributed by atoms with Crippen molar-refractivity contribution in [3.63, 3.8) is 0 Å². The van der Waals surface area contributed by atoms with E-state index in [9.17, 15) is 22.8 Å². The van der Waals surface area contributed by atoms with Crippen molar-refractivity contribution >= 4 is 11.9 Å². The van der Waals surface area contributed by atoms with Crippen molar-refractivity contribution in [2.45, 2.75) is 64.3 Å². The van der Waals surface area contributed by atoms with Crippen LogP contribution in [0.1, 0.15) is 57.6 Å². The summed E-state index contributed by atoms with van der Waals surface area (Å²) in [6, 6.07) is 6.13. The van der Waals surface area contributed by atoms with Crippen molar-refractivity contribution in [3.8, 4) is 5.75 Å². The van der Waals surface area contributed by atoms with Gasteiger partial charge in [0, 0.05) is 5.92 Å². The number of hydrogen-bond acceptors (Lipinski definition) is 4. The highest BCUT2D eigenvalue weighted by Gasteiger charge is 2.43. The molecule has 29 heavy (non-hydrogen) atoms. The first-order valence-corrected chi connectivity index (χ1v) is 9.80. The van der Waals surface area contributed by atoms with E-state index in [-0.39, 0.29) is 25.4 Å². The maximum absolute atomic E-state index is 13.1. The highest BCUT2D eigenvalue weighted by molar-refractivity contribution is 5.80. The lowest BCUT2D eigenvalue weighted by Gasteiger charge is -2.31. The molecule has 0 aromatic heterocycles. The monoisotopic (exact) mass is 415 g/mol. The Morgan fingerprint density at radius 1 is 1.17 bits per heavy atom. The van der Waals surface area contributed by atoms with Crippen LogP contribution in [0.25, 0.3) is 0 Å². The number of nitrogens with one attached hydrogen (secondary N) is 1. The molecule has 1 aromatic rings. The fraction of sp³-hybridized carbons (Fsp3) is 0.619. The van der Waals surface area contributed by atoms with E-state index in [1.165, 1.54) is 7.11 Å². The second kappa shape index (κ2) is 9.98. The molecule has 8 heteroatoms. The number of benzene rings is 1. The first-order chi connectivity index (χ1) is 13.6. The summed E-state index contributed by atoms with van der Waals surface area (Å²) in [5, 5.41) is 2.77. The van der Waals surface area contributed by atoms with E-state index in [0.29, 0.717) is 24.2 Å². The minimum atomic E-state index is -4.30. The molecule has 2 rings (SSSR count). The average molecular weight is 415 g/mol. The topological polar surface area (TPSA) is 64.6 Å². The standard InChI is InChI=1S/C21H28F3NO4/c1-13(2)29-19(26)12-18(14-7-9-17(28-3)10-8-14)25-20(27)15-5-4-6-16(11-15)21(22,23)24/h7-10,13,15-16,18H,4-6,11-12H2,1-3H3,(H,25,27)/t15-,16-,18+/m0/s1. The molecule has 1 fully saturated rings. The SMILES string of the molecule is COc1ccc([C@@H](CC(=O)OC(C)C)NC(=O)[C@H]2CCC[C@H](C(F)(F)F)C2)cc1. The number of halogens is 3. The van der Waals surface area contributed by atoms with Crippen LogP contribution in [0.4, 0.5) is 13.2 Å². The zero-order valence-corrected chi connectivity index (χ0v) is 16.9. The van der Waals surface area contributed by atoms with Crippen LogP contribution in [0.15, 0.2) is 24.3 Å². The van der Waals surface area contributed by atoms with Crippen molar-refractivity contribution in [3.05, 3.63) is 29.8 Å². The molecule has 0 spiro atoms.